The van der Waals surface area contributed by atoms with Gasteiger partial charge in [0.25, 0.3) is 11.4 Å². The Labute approximate surface area is 123 Å². The molecule has 0 saturated carbocycles. The zero-order chi connectivity index (χ0) is 16.3. The summed E-state index contributed by atoms with van der Waals surface area (Å²) in [4.78, 5) is 32.3. The molecule has 0 fully saturated rings. The highest BCUT2D eigenvalue weighted by atomic mass is 16.6. The van der Waals surface area contributed by atoms with Gasteiger partial charge in [0.1, 0.15) is 5.49 Å². The van der Waals surface area contributed by atoms with Gasteiger partial charge < -0.3 is 4.57 Å². The van der Waals surface area contributed by atoms with Gasteiger partial charge in [-0.3, -0.25) is 30.4 Å². The topological polar surface area (TPSA) is 132 Å². The molecule has 1 aromatic heterocycles. The first kappa shape index (κ1) is 15.0. The molecular formula is C13H10N4O5. The number of nitrogens with one attached hydrogen (secondary N) is 1. The summed E-state index contributed by atoms with van der Waals surface area (Å²) in [7, 11) is 0. The van der Waals surface area contributed by atoms with E-state index in [-0.39, 0.29) is 29.0 Å². The summed E-state index contributed by atoms with van der Waals surface area (Å²) in [6.07, 6.45) is 1.08. The van der Waals surface area contributed by atoms with Crippen molar-refractivity contribution in [2.45, 2.75) is 6.54 Å². The maximum atomic E-state index is 12.1. The summed E-state index contributed by atoms with van der Waals surface area (Å²) in [6.45, 7) is -0.318. The lowest BCUT2D eigenvalue weighted by molar-refractivity contribution is -0.385. The molecule has 0 saturated heterocycles. The number of pyridine rings is 1. The van der Waals surface area contributed by atoms with Gasteiger partial charge in [-0.1, -0.05) is 12.1 Å². The third-order valence-corrected chi connectivity index (χ3v) is 2.91. The number of nitrogens with zero attached hydrogens (tertiary/aromatic N) is 3. The standard InChI is InChI=1S/C13H10N4O5/c14-13-5-4-11(17(21)22)7-15(13)8-12(18)9-2-1-3-10(6-9)16(19)20/h1-7,14H,8H2. The summed E-state index contributed by atoms with van der Waals surface area (Å²) < 4.78 is 1.11. The van der Waals surface area contributed by atoms with Crippen molar-refractivity contribution in [2.75, 3.05) is 0 Å². The van der Waals surface area contributed by atoms with E-state index >= 15 is 0 Å². The monoisotopic (exact) mass is 302 g/mol. The average molecular weight is 302 g/mol. The minimum Gasteiger partial charge on any atom is -0.319 e. The minimum atomic E-state index is -0.631. The molecule has 9 nitrogen and oxygen atoms in total. The Morgan fingerprint density at radius 1 is 1.09 bits per heavy atom. The number of benzene rings is 1. The van der Waals surface area contributed by atoms with Crippen molar-refractivity contribution in [1.82, 2.24) is 4.57 Å². The molecule has 2 rings (SSSR count). The Bertz CT molecular complexity index is 827. The number of Topliss-reactive ketones (excluding diaryl/α,β-unsaturated/α-hetero) is 1. The van der Waals surface area contributed by atoms with Crippen LogP contribution in [0.4, 0.5) is 11.4 Å². The van der Waals surface area contributed by atoms with Crippen molar-refractivity contribution >= 4 is 17.2 Å². The highest BCUT2D eigenvalue weighted by Crippen LogP contribution is 2.14. The molecule has 112 valence electrons. The number of hydrogen-bond acceptors (Lipinski definition) is 6. The third kappa shape index (κ3) is 3.20. The van der Waals surface area contributed by atoms with Crippen LogP contribution in [0.3, 0.4) is 0 Å². The van der Waals surface area contributed by atoms with Crippen LogP contribution >= 0.6 is 0 Å². The van der Waals surface area contributed by atoms with Crippen molar-refractivity contribution in [3.8, 4) is 0 Å². The number of nitro benzene ring substituents is 1. The number of aromatic nitrogens is 1. The smallest absolute Gasteiger partial charge is 0.285 e. The largest absolute Gasteiger partial charge is 0.319 e. The number of non-ortho nitro benzene ring substituents is 1. The van der Waals surface area contributed by atoms with Crippen LogP contribution in [0, 0.1) is 25.6 Å². The van der Waals surface area contributed by atoms with Crippen LogP contribution in [0.5, 0.6) is 0 Å². The van der Waals surface area contributed by atoms with E-state index in [0.717, 1.165) is 22.9 Å². The number of carbonyl (C=O) groups is 1. The fraction of sp³-hybridized carbons (Fsp3) is 0.0769. The van der Waals surface area contributed by atoms with Crippen molar-refractivity contribution < 1.29 is 14.6 Å². The number of nitro groups is 2. The molecule has 0 spiro atoms. The van der Waals surface area contributed by atoms with Gasteiger partial charge in [-0.25, -0.2) is 0 Å². The molecule has 22 heavy (non-hydrogen) atoms. The van der Waals surface area contributed by atoms with Crippen LogP contribution in [0.2, 0.25) is 0 Å². The average Bonchev–Trinajstić information content (AvgIpc) is 2.49. The second kappa shape index (κ2) is 5.95. The molecule has 0 unspecified atom stereocenters. The van der Waals surface area contributed by atoms with Crippen LogP contribution in [-0.2, 0) is 6.54 Å². The number of rotatable bonds is 5. The maximum absolute atomic E-state index is 12.1. The van der Waals surface area contributed by atoms with Crippen LogP contribution in [0.25, 0.3) is 0 Å². The van der Waals surface area contributed by atoms with Gasteiger partial charge in [0.15, 0.2) is 5.78 Å². The first-order valence-electron chi connectivity index (χ1n) is 6.05. The van der Waals surface area contributed by atoms with Crippen molar-refractivity contribution in [2.24, 2.45) is 0 Å². The predicted molar refractivity (Wildman–Crippen MR) is 74.4 cm³/mol. The second-order valence-electron chi connectivity index (χ2n) is 4.39. The molecule has 0 aliphatic carbocycles. The fourth-order valence-corrected chi connectivity index (χ4v) is 1.81. The van der Waals surface area contributed by atoms with Gasteiger partial charge in [0.2, 0.25) is 0 Å². The second-order valence-corrected chi connectivity index (χ2v) is 4.39. The molecule has 0 aliphatic rings. The molecule has 0 aliphatic heterocycles. The van der Waals surface area contributed by atoms with Gasteiger partial charge >= 0.3 is 0 Å². The van der Waals surface area contributed by atoms with Gasteiger partial charge in [-0.15, -0.1) is 0 Å². The number of carbonyl (C=O) groups excluding carboxylic acids is 1. The molecule has 9 heteroatoms. The van der Waals surface area contributed by atoms with E-state index in [0.29, 0.717) is 0 Å². The zero-order valence-corrected chi connectivity index (χ0v) is 11.1. The van der Waals surface area contributed by atoms with E-state index in [1.165, 1.54) is 24.3 Å². The highest BCUT2D eigenvalue weighted by molar-refractivity contribution is 5.96. The summed E-state index contributed by atoms with van der Waals surface area (Å²) in [6, 6.07) is 7.55. The summed E-state index contributed by atoms with van der Waals surface area (Å²) in [5.74, 6) is -0.484. The van der Waals surface area contributed by atoms with Crippen molar-refractivity contribution in [3.05, 3.63) is 73.9 Å². The predicted octanol–water partition coefficient (Wildman–Crippen LogP) is 1.67. The first-order chi connectivity index (χ1) is 10.4. The van der Waals surface area contributed by atoms with Gasteiger partial charge in [0, 0.05) is 23.8 Å². The Balaban J connectivity index is 2.31. The molecule has 0 bridgehead atoms. The lowest BCUT2D eigenvalue weighted by Gasteiger charge is -2.06. The Morgan fingerprint density at radius 3 is 2.41 bits per heavy atom. The summed E-state index contributed by atoms with van der Waals surface area (Å²) in [5, 5.41) is 29.1. The van der Waals surface area contributed by atoms with Gasteiger partial charge in [-0.05, 0) is 6.07 Å². The molecule has 0 atom stereocenters. The zero-order valence-electron chi connectivity index (χ0n) is 11.1. The van der Waals surface area contributed by atoms with Crippen LogP contribution in [-0.4, -0.2) is 20.2 Å². The van der Waals surface area contributed by atoms with E-state index in [2.05, 4.69) is 0 Å². The van der Waals surface area contributed by atoms with E-state index < -0.39 is 15.6 Å². The van der Waals surface area contributed by atoms with Crippen molar-refractivity contribution in [3.63, 3.8) is 0 Å². The Morgan fingerprint density at radius 2 is 1.77 bits per heavy atom. The molecule has 0 amide bonds. The molecule has 1 heterocycles. The number of ketones is 1. The fourth-order valence-electron chi connectivity index (χ4n) is 1.81. The van der Waals surface area contributed by atoms with E-state index in [1.807, 2.05) is 0 Å². The molecule has 2 aromatic rings. The normalized spacial score (nSPS) is 10.2. The molecule has 0 radical (unpaired) electrons. The molecular weight excluding hydrogens is 292 g/mol. The van der Waals surface area contributed by atoms with Crippen LogP contribution in [0.15, 0.2) is 42.6 Å². The first-order valence-corrected chi connectivity index (χ1v) is 6.05. The summed E-state index contributed by atoms with van der Waals surface area (Å²) >= 11 is 0. The minimum absolute atomic E-state index is 0.0793. The van der Waals surface area contributed by atoms with Crippen LogP contribution in [0.1, 0.15) is 10.4 Å². The Hall–Kier alpha value is -3.36. The molecule has 1 aromatic carbocycles. The van der Waals surface area contributed by atoms with E-state index in [1.54, 1.807) is 0 Å². The third-order valence-electron chi connectivity index (χ3n) is 2.91. The van der Waals surface area contributed by atoms with Crippen molar-refractivity contribution in [1.29, 1.82) is 5.41 Å². The summed E-state index contributed by atoms with van der Waals surface area (Å²) in [5.41, 5.74) is -0.444. The van der Waals surface area contributed by atoms with Crippen LogP contribution < -0.4 is 5.49 Å². The van der Waals surface area contributed by atoms with E-state index in [9.17, 15) is 25.0 Å². The van der Waals surface area contributed by atoms with E-state index in [4.69, 9.17) is 5.41 Å². The maximum Gasteiger partial charge on any atom is 0.285 e. The number of hydrogen-bond donors (Lipinski definition) is 1. The molecule has 1 N–H and O–H groups in total. The quantitative estimate of drug-likeness (QED) is 0.509. The van der Waals surface area contributed by atoms with Gasteiger partial charge in [-0.2, -0.15) is 0 Å². The van der Waals surface area contributed by atoms with Gasteiger partial charge in [0.05, 0.1) is 22.6 Å². The Kier molecular flexibility index (Phi) is 4.07. The highest BCUT2D eigenvalue weighted by Gasteiger charge is 2.14. The lowest BCUT2D eigenvalue weighted by Crippen LogP contribution is -2.23. The SMILES string of the molecule is N=c1ccc([N+](=O)[O-])cn1CC(=O)c1cccc([N+](=O)[O-])c1. The lowest BCUT2D eigenvalue weighted by atomic mass is 10.1.